The highest BCUT2D eigenvalue weighted by molar-refractivity contribution is 5.68. The van der Waals surface area contributed by atoms with E-state index in [1.807, 2.05) is 55.4 Å². The first kappa shape index (κ1) is 19.0. The predicted octanol–water partition coefficient (Wildman–Crippen LogP) is 3.80. The van der Waals surface area contributed by atoms with Crippen molar-refractivity contribution in [3.8, 4) is 0 Å². The maximum atomic E-state index is 12.0. The molecule has 0 aromatic heterocycles. The first-order chi connectivity index (χ1) is 8.98. The zero-order valence-electron chi connectivity index (χ0n) is 14.2. The Morgan fingerprint density at radius 3 is 1.90 bits per heavy atom. The van der Waals surface area contributed by atoms with Gasteiger partial charge in [-0.05, 0) is 39.2 Å². The Bertz CT molecular complexity index is 321. The maximum Gasteiger partial charge on any atom is 0.415 e. The summed E-state index contributed by atoms with van der Waals surface area (Å²) in [4.78, 5) is 13.6. The molecule has 0 unspecified atom stereocenters. The lowest BCUT2D eigenvalue weighted by atomic mass is 9.82. The van der Waals surface area contributed by atoms with Crippen molar-refractivity contribution in [2.45, 2.75) is 73.6 Å². The molecule has 0 saturated carbocycles. The van der Waals surface area contributed by atoms with Crippen molar-refractivity contribution in [3.63, 3.8) is 0 Å². The van der Waals surface area contributed by atoms with Crippen LogP contribution in [0.1, 0.15) is 55.4 Å². The number of carbonyl (C=O) groups is 1. The lowest BCUT2D eigenvalue weighted by Gasteiger charge is -2.30. The maximum absolute atomic E-state index is 12.0. The standard InChI is InChI=1S/C16H31NO3/c1-11(2)17(12(3)4)15(19)20-10-9-13(5)14(18)16(6,7)8/h9-14,18H,1-8H3/b10-9+/t13-,14+/m1/s1. The summed E-state index contributed by atoms with van der Waals surface area (Å²) >= 11 is 0. The largest absolute Gasteiger partial charge is 0.418 e. The third-order valence-electron chi connectivity index (χ3n) is 3.26. The minimum absolute atomic E-state index is 0.0747. The minimum Gasteiger partial charge on any atom is -0.418 e. The third kappa shape index (κ3) is 5.95. The molecule has 4 nitrogen and oxygen atoms in total. The second kappa shape index (κ2) is 7.67. The van der Waals surface area contributed by atoms with Crippen molar-refractivity contribution in [2.75, 3.05) is 0 Å². The molecule has 0 bridgehead atoms. The second-order valence-corrected chi connectivity index (χ2v) is 6.98. The van der Waals surface area contributed by atoms with Gasteiger partial charge in [-0.3, -0.25) is 0 Å². The fourth-order valence-electron chi connectivity index (χ4n) is 2.19. The number of aliphatic hydroxyl groups is 1. The molecular weight excluding hydrogens is 254 g/mol. The smallest absolute Gasteiger partial charge is 0.415 e. The molecule has 0 aliphatic rings. The number of aliphatic hydroxyl groups excluding tert-OH is 1. The van der Waals surface area contributed by atoms with Crippen molar-refractivity contribution in [1.29, 1.82) is 0 Å². The molecule has 2 atom stereocenters. The summed E-state index contributed by atoms with van der Waals surface area (Å²) in [6.07, 6.45) is 2.28. The van der Waals surface area contributed by atoms with E-state index < -0.39 is 6.10 Å². The predicted molar refractivity (Wildman–Crippen MR) is 82.4 cm³/mol. The minimum atomic E-state index is -0.483. The van der Waals surface area contributed by atoms with Gasteiger partial charge in [0.1, 0.15) is 0 Å². The monoisotopic (exact) mass is 285 g/mol. The van der Waals surface area contributed by atoms with Crippen LogP contribution in [0.5, 0.6) is 0 Å². The summed E-state index contributed by atoms with van der Waals surface area (Å²) < 4.78 is 5.16. The summed E-state index contributed by atoms with van der Waals surface area (Å²) in [5, 5.41) is 10.1. The topological polar surface area (TPSA) is 49.8 Å². The number of hydrogen-bond acceptors (Lipinski definition) is 3. The number of rotatable bonds is 5. The lowest BCUT2D eigenvalue weighted by molar-refractivity contribution is 0.0328. The van der Waals surface area contributed by atoms with Gasteiger partial charge in [0.05, 0.1) is 12.4 Å². The van der Waals surface area contributed by atoms with E-state index in [-0.39, 0.29) is 29.5 Å². The van der Waals surface area contributed by atoms with Gasteiger partial charge in [0.2, 0.25) is 0 Å². The molecule has 0 heterocycles. The normalized spacial score (nSPS) is 15.8. The molecule has 20 heavy (non-hydrogen) atoms. The van der Waals surface area contributed by atoms with Crippen LogP contribution in [0, 0.1) is 11.3 Å². The highest BCUT2D eigenvalue weighted by Gasteiger charge is 2.26. The Morgan fingerprint density at radius 2 is 1.55 bits per heavy atom. The molecule has 0 aliphatic carbocycles. The molecule has 0 spiro atoms. The zero-order valence-corrected chi connectivity index (χ0v) is 14.2. The fraction of sp³-hybridized carbons (Fsp3) is 0.812. The summed E-state index contributed by atoms with van der Waals surface area (Å²) in [6, 6.07) is 0.182. The quantitative estimate of drug-likeness (QED) is 0.782. The van der Waals surface area contributed by atoms with Crippen LogP contribution >= 0.6 is 0 Å². The summed E-state index contributed by atoms with van der Waals surface area (Å²) in [7, 11) is 0. The molecule has 0 saturated heterocycles. The summed E-state index contributed by atoms with van der Waals surface area (Å²) in [5.41, 5.74) is -0.199. The van der Waals surface area contributed by atoms with Gasteiger partial charge in [0, 0.05) is 18.0 Å². The Hall–Kier alpha value is -1.03. The molecule has 1 N–H and O–H groups in total. The van der Waals surface area contributed by atoms with E-state index in [4.69, 9.17) is 4.74 Å². The van der Waals surface area contributed by atoms with Crippen LogP contribution in [0.2, 0.25) is 0 Å². The van der Waals surface area contributed by atoms with Gasteiger partial charge < -0.3 is 14.7 Å². The van der Waals surface area contributed by atoms with Crippen LogP contribution in [0.25, 0.3) is 0 Å². The van der Waals surface area contributed by atoms with E-state index in [1.54, 1.807) is 11.0 Å². The number of carbonyl (C=O) groups excluding carboxylic acids is 1. The first-order valence-electron chi connectivity index (χ1n) is 7.32. The fourth-order valence-corrected chi connectivity index (χ4v) is 2.19. The summed E-state index contributed by atoms with van der Waals surface area (Å²) in [5.74, 6) is -0.0747. The SMILES string of the molecule is CC(C)N(C(=O)O/C=C/[C@@H](C)[C@H](O)C(C)(C)C)C(C)C. The number of hydrogen-bond donors (Lipinski definition) is 1. The average molecular weight is 285 g/mol. The van der Waals surface area contributed by atoms with Crippen LogP contribution < -0.4 is 0 Å². The van der Waals surface area contributed by atoms with Gasteiger partial charge in [0.15, 0.2) is 0 Å². The van der Waals surface area contributed by atoms with Crippen molar-refractivity contribution < 1.29 is 14.6 Å². The van der Waals surface area contributed by atoms with Gasteiger partial charge in [-0.2, -0.15) is 0 Å². The van der Waals surface area contributed by atoms with Crippen molar-refractivity contribution in [3.05, 3.63) is 12.3 Å². The van der Waals surface area contributed by atoms with Gasteiger partial charge >= 0.3 is 6.09 Å². The molecule has 0 aromatic rings. The molecule has 0 radical (unpaired) electrons. The van der Waals surface area contributed by atoms with Gasteiger partial charge in [-0.1, -0.05) is 27.7 Å². The average Bonchev–Trinajstić information content (AvgIpc) is 2.25. The molecule has 0 rings (SSSR count). The molecule has 0 fully saturated rings. The first-order valence-corrected chi connectivity index (χ1v) is 7.32. The van der Waals surface area contributed by atoms with E-state index in [0.29, 0.717) is 0 Å². The van der Waals surface area contributed by atoms with Crippen LogP contribution in [0.3, 0.4) is 0 Å². The number of ether oxygens (including phenoxy) is 1. The molecule has 0 aliphatic heterocycles. The zero-order chi connectivity index (χ0) is 16.1. The van der Waals surface area contributed by atoms with E-state index in [1.165, 1.54) is 6.26 Å². The van der Waals surface area contributed by atoms with E-state index >= 15 is 0 Å². The number of nitrogens with zero attached hydrogens (tertiary/aromatic N) is 1. The van der Waals surface area contributed by atoms with Crippen molar-refractivity contribution in [2.24, 2.45) is 11.3 Å². The van der Waals surface area contributed by atoms with Gasteiger partial charge in [-0.25, -0.2) is 4.79 Å². The third-order valence-corrected chi connectivity index (χ3v) is 3.26. The molecule has 4 heteroatoms. The number of amides is 1. The van der Waals surface area contributed by atoms with Crippen LogP contribution in [-0.4, -0.2) is 34.3 Å². The Balaban J connectivity index is 4.54. The van der Waals surface area contributed by atoms with Gasteiger partial charge in [0.25, 0.3) is 0 Å². The van der Waals surface area contributed by atoms with Crippen LogP contribution in [-0.2, 0) is 4.74 Å². The highest BCUT2D eigenvalue weighted by atomic mass is 16.5. The molecule has 118 valence electrons. The van der Waals surface area contributed by atoms with Crippen molar-refractivity contribution >= 4 is 6.09 Å². The van der Waals surface area contributed by atoms with E-state index in [2.05, 4.69) is 0 Å². The van der Waals surface area contributed by atoms with Crippen molar-refractivity contribution in [1.82, 2.24) is 4.90 Å². The van der Waals surface area contributed by atoms with Gasteiger partial charge in [-0.15, -0.1) is 0 Å². The highest BCUT2D eigenvalue weighted by Crippen LogP contribution is 2.25. The Morgan fingerprint density at radius 1 is 1.10 bits per heavy atom. The van der Waals surface area contributed by atoms with E-state index in [9.17, 15) is 9.90 Å². The Labute approximate surface area is 123 Å². The molecule has 1 amide bonds. The molecule has 0 aromatic carbocycles. The van der Waals surface area contributed by atoms with E-state index in [0.717, 1.165) is 0 Å². The molecular formula is C16H31NO3. The summed E-state index contributed by atoms with van der Waals surface area (Å²) in [6.45, 7) is 15.7. The van der Waals surface area contributed by atoms with Crippen LogP contribution in [0.15, 0.2) is 12.3 Å². The Kier molecular flexibility index (Phi) is 7.28. The van der Waals surface area contributed by atoms with Crippen LogP contribution in [0.4, 0.5) is 4.79 Å². The lowest BCUT2D eigenvalue weighted by Crippen LogP contribution is -2.41. The second-order valence-electron chi connectivity index (χ2n) is 6.98.